The number of fused-ring (bicyclic) bond motifs is 1. The van der Waals surface area contributed by atoms with Crippen molar-refractivity contribution in [2.45, 2.75) is 37.6 Å². The van der Waals surface area contributed by atoms with Gasteiger partial charge < -0.3 is 5.32 Å². The molecule has 102 valence electrons. The number of hydrogen-bond acceptors (Lipinski definition) is 3. The fraction of sp³-hybridized carbons (Fsp3) is 0.500. The number of amides is 1. The Hall–Kier alpha value is -0.580. The summed E-state index contributed by atoms with van der Waals surface area (Å²) in [5.41, 5.74) is -0.186. The molecule has 1 aliphatic rings. The van der Waals surface area contributed by atoms with Crippen molar-refractivity contribution < 1.29 is 4.79 Å². The third kappa shape index (κ3) is 2.67. The van der Waals surface area contributed by atoms with E-state index in [2.05, 4.69) is 16.8 Å². The number of thiophene rings is 2. The average Bonchev–Trinajstić information content (AvgIpc) is 3.00. The number of carbonyl (C=O) groups excluding carboxylic acids is 1. The van der Waals surface area contributed by atoms with Crippen LogP contribution in [-0.2, 0) is 0 Å². The summed E-state index contributed by atoms with van der Waals surface area (Å²) in [7, 11) is 0. The normalized spacial score (nSPS) is 18.6. The summed E-state index contributed by atoms with van der Waals surface area (Å²) in [4.78, 5) is 13.2. The van der Waals surface area contributed by atoms with Gasteiger partial charge in [0.05, 0.1) is 10.4 Å². The zero-order valence-corrected chi connectivity index (χ0v) is 13.0. The first-order valence-corrected chi connectivity index (χ1v) is 8.81. The van der Waals surface area contributed by atoms with Crippen molar-refractivity contribution in [1.82, 2.24) is 5.32 Å². The molecule has 3 rings (SSSR count). The Morgan fingerprint density at radius 1 is 1.32 bits per heavy atom. The SMILES string of the molecule is O=C(NC1(CCl)CCCCC1)c1cc2sccc2s1. The maximum Gasteiger partial charge on any atom is 0.261 e. The fourth-order valence-corrected chi connectivity index (χ4v) is 5.04. The van der Waals surface area contributed by atoms with E-state index in [-0.39, 0.29) is 11.4 Å². The first-order chi connectivity index (χ1) is 9.22. The van der Waals surface area contributed by atoms with E-state index < -0.39 is 0 Å². The first-order valence-electron chi connectivity index (χ1n) is 6.58. The minimum Gasteiger partial charge on any atom is -0.345 e. The average molecular weight is 314 g/mol. The second-order valence-electron chi connectivity index (χ2n) is 5.19. The van der Waals surface area contributed by atoms with Gasteiger partial charge in [-0.25, -0.2) is 0 Å². The molecule has 1 saturated carbocycles. The van der Waals surface area contributed by atoms with Crippen LogP contribution in [0, 0.1) is 0 Å². The van der Waals surface area contributed by atoms with Gasteiger partial charge >= 0.3 is 0 Å². The van der Waals surface area contributed by atoms with Gasteiger partial charge in [0.15, 0.2) is 0 Å². The van der Waals surface area contributed by atoms with Gasteiger partial charge in [-0.05, 0) is 30.4 Å². The summed E-state index contributed by atoms with van der Waals surface area (Å²) in [6, 6.07) is 4.06. The van der Waals surface area contributed by atoms with Crippen molar-refractivity contribution in [1.29, 1.82) is 0 Å². The van der Waals surface area contributed by atoms with Crippen molar-refractivity contribution >= 4 is 49.6 Å². The van der Waals surface area contributed by atoms with Gasteiger partial charge in [-0.1, -0.05) is 19.3 Å². The minimum atomic E-state index is -0.186. The molecule has 0 aliphatic heterocycles. The highest BCUT2D eigenvalue weighted by Gasteiger charge is 2.33. The van der Waals surface area contributed by atoms with E-state index in [0.717, 1.165) is 30.6 Å². The fourth-order valence-electron chi connectivity index (χ4n) is 2.70. The Bertz CT molecular complexity index is 555. The lowest BCUT2D eigenvalue weighted by molar-refractivity contribution is 0.0889. The molecule has 2 nitrogen and oxygen atoms in total. The van der Waals surface area contributed by atoms with Crippen LogP contribution in [0.5, 0.6) is 0 Å². The van der Waals surface area contributed by atoms with Crippen LogP contribution in [-0.4, -0.2) is 17.3 Å². The Balaban J connectivity index is 1.78. The molecule has 19 heavy (non-hydrogen) atoms. The molecular formula is C14H16ClNOS2. The van der Waals surface area contributed by atoms with Crippen LogP contribution in [0.3, 0.4) is 0 Å². The number of halogens is 1. The van der Waals surface area contributed by atoms with Gasteiger partial charge in [0, 0.05) is 15.3 Å². The number of alkyl halides is 1. The lowest BCUT2D eigenvalue weighted by Gasteiger charge is -2.36. The van der Waals surface area contributed by atoms with E-state index in [1.165, 1.54) is 15.8 Å². The largest absolute Gasteiger partial charge is 0.345 e. The van der Waals surface area contributed by atoms with Gasteiger partial charge in [-0.2, -0.15) is 0 Å². The molecule has 0 aromatic carbocycles. The number of rotatable bonds is 3. The molecule has 1 aliphatic carbocycles. The molecule has 0 radical (unpaired) electrons. The Morgan fingerprint density at radius 3 is 2.79 bits per heavy atom. The highest BCUT2D eigenvalue weighted by atomic mass is 35.5. The predicted molar refractivity (Wildman–Crippen MR) is 83.7 cm³/mol. The van der Waals surface area contributed by atoms with Crippen molar-refractivity contribution in [3.05, 3.63) is 22.4 Å². The second kappa shape index (κ2) is 5.43. The van der Waals surface area contributed by atoms with Crippen LogP contribution in [0.2, 0.25) is 0 Å². The Morgan fingerprint density at radius 2 is 2.11 bits per heavy atom. The van der Waals surface area contributed by atoms with Crippen molar-refractivity contribution in [2.24, 2.45) is 0 Å². The molecule has 0 saturated heterocycles. The molecule has 5 heteroatoms. The number of nitrogens with one attached hydrogen (secondary N) is 1. The van der Waals surface area contributed by atoms with Gasteiger partial charge in [-0.15, -0.1) is 34.3 Å². The predicted octanol–water partition coefficient (Wildman–Crippen LogP) is 4.63. The molecule has 0 unspecified atom stereocenters. The van der Waals surface area contributed by atoms with Gasteiger partial charge in [-0.3, -0.25) is 4.79 Å². The zero-order chi connectivity index (χ0) is 13.3. The monoisotopic (exact) mass is 313 g/mol. The summed E-state index contributed by atoms with van der Waals surface area (Å²) >= 11 is 9.36. The topological polar surface area (TPSA) is 29.1 Å². The first kappa shape index (κ1) is 13.4. The molecule has 1 N–H and O–H groups in total. The minimum absolute atomic E-state index is 0.0379. The van der Waals surface area contributed by atoms with Crippen molar-refractivity contribution in [2.75, 3.05) is 5.88 Å². The lowest BCUT2D eigenvalue weighted by Crippen LogP contribution is -2.51. The number of carbonyl (C=O) groups is 1. The van der Waals surface area contributed by atoms with Gasteiger partial charge in [0.2, 0.25) is 0 Å². The molecule has 2 aromatic rings. The number of hydrogen-bond donors (Lipinski definition) is 1. The summed E-state index contributed by atoms with van der Waals surface area (Å²) in [6.07, 6.45) is 5.58. The second-order valence-corrected chi connectivity index (χ2v) is 7.49. The summed E-state index contributed by atoms with van der Waals surface area (Å²) < 4.78 is 2.39. The van der Waals surface area contributed by atoms with Crippen LogP contribution in [0.4, 0.5) is 0 Å². The van der Waals surface area contributed by atoms with Crippen molar-refractivity contribution in [3.63, 3.8) is 0 Å². The van der Waals surface area contributed by atoms with Crippen LogP contribution in [0.25, 0.3) is 9.40 Å². The molecule has 0 spiro atoms. The van der Waals surface area contributed by atoms with E-state index >= 15 is 0 Å². The van der Waals surface area contributed by atoms with E-state index in [4.69, 9.17) is 11.6 Å². The van der Waals surface area contributed by atoms with Crippen molar-refractivity contribution in [3.8, 4) is 0 Å². The third-order valence-corrected chi connectivity index (χ3v) is 6.41. The van der Waals surface area contributed by atoms with Gasteiger partial charge in [0.25, 0.3) is 5.91 Å². The summed E-state index contributed by atoms with van der Waals surface area (Å²) in [5, 5.41) is 5.25. The zero-order valence-electron chi connectivity index (χ0n) is 10.6. The van der Waals surface area contributed by atoms with E-state index in [9.17, 15) is 4.79 Å². The standard InChI is InChI=1S/C14H16ClNOS2/c15-9-14(5-2-1-3-6-14)16-13(17)12-8-11-10(19-12)4-7-18-11/h4,7-8H,1-3,5-6,9H2,(H,16,17). The molecule has 0 atom stereocenters. The Labute approximate surface area is 125 Å². The molecule has 1 amide bonds. The lowest BCUT2D eigenvalue weighted by atomic mass is 9.83. The molecule has 1 fully saturated rings. The van der Waals surface area contributed by atoms with E-state index in [0.29, 0.717) is 5.88 Å². The maximum atomic E-state index is 12.4. The molecule has 2 heterocycles. The van der Waals surface area contributed by atoms with E-state index in [1.807, 2.05) is 6.07 Å². The third-order valence-electron chi connectivity index (χ3n) is 3.81. The smallest absolute Gasteiger partial charge is 0.261 e. The van der Waals surface area contributed by atoms with Crippen LogP contribution in [0.15, 0.2) is 17.5 Å². The summed E-state index contributed by atoms with van der Waals surface area (Å²) in [6.45, 7) is 0. The molecular weight excluding hydrogens is 298 g/mol. The highest BCUT2D eigenvalue weighted by Crippen LogP contribution is 2.32. The van der Waals surface area contributed by atoms with Crippen LogP contribution < -0.4 is 5.32 Å². The highest BCUT2D eigenvalue weighted by molar-refractivity contribution is 7.27. The maximum absolute atomic E-state index is 12.4. The Kier molecular flexibility index (Phi) is 3.83. The van der Waals surface area contributed by atoms with Crippen LogP contribution >= 0.6 is 34.3 Å². The quantitative estimate of drug-likeness (QED) is 0.822. The van der Waals surface area contributed by atoms with E-state index in [1.54, 1.807) is 22.7 Å². The molecule has 0 bridgehead atoms. The molecule has 2 aromatic heterocycles. The van der Waals surface area contributed by atoms with Gasteiger partial charge in [0.1, 0.15) is 0 Å². The van der Waals surface area contributed by atoms with Crippen LogP contribution in [0.1, 0.15) is 41.8 Å². The summed E-state index contributed by atoms with van der Waals surface area (Å²) in [5.74, 6) is 0.550.